The Morgan fingerprint density at radius 2 is 2.29 bits per heavy atom. The lowest BCUT2D eigenvalue weighted by atomic mass is 10.2. The highest BCUT2D eigenvalue weighted by Gasteiger charge is 2.17. The molecule has 0 unspecified atom stereocenters. The van der Waals surface area contributed by atoms with Gasteiger partial charge in [0.15, 0.2) is 0 Å². The van der Waals surface area contributed by atoms with E-state index in [1.54, 1.807) is 12.1 Å². The van der Waals surface area contributed by atoms with E-state index >= 15 is 0 Å². The van der Waals surface area contributed by atoms with Crippen molar-refractivity contribution in [1.29, 1.82) is 0 Å². The molecule has 0 atom stereocenters. The summed E-state index contributed by atoms with van der Waals surface area (Å²) in [6.07, 6.45) is 0. The third-order valence-corrected chi connectivity index (χ3v) is 3.47. The van der Waals surface area contributed by atoms with E-state index in [0.29, 0.717) is 4.70 Å². The van der Waals surface area contributed by atoms with E-state index in [2.05, 4.69) is 5.32 Å². The summed E-state index contributed by atoms with van der Waals surface area (Å²) in [5, 5.41) is 11.4. The van der Waals surface area contributed by atoms with Crippen molar-refractivity contribution in [2.75, 3.05) is 18.9 Å². The summed E-state index contributed by atoms with van der Waals surface area (Å²) >= 11 is 1.14. The second kappa shape index (κ2) is 4.68. The SMILES string of the molecule is Nc1c(C(=O)NCCO)sc2cccc(F)c12. The number of thiophene rings is 1. The number of carbonyl (C=O) groups is 1. The number of nitrogens with one attached hydrogen (secondary N) is 1. The van der Waals surface area contributed by atoms with E-state index < -0.39 is 11.7 Å². The molecule has 0 radical (unpaired) electrons. The number of aliphatic hydroxyl groups is 1. The molecule has 2 rings (SSSR count). The van der Waals surface area contributed by atoms with E-state index in [9.17, 15) is 9.18 Å². The lowest BCUT2D eigenvalue weighted by molar-refractivity contribution is 0.0949. The second-order valence-electron chi connectivity index (χ2n) is 3.44. The number of rotatable bonds is 3. The Morgan fingerprint density at radius 1 is 1.53 bits per heavy atom. The molecule has 0 fully saturated rings. The summed E-state index contributed by atoms with van der Waals surface area (Å²) in [5.41, 5.74) is 5.91. The quantitative estimate of drug-likeness (QED) is 0.773. The average Bonchev–Trinajstić information content (AvgIpc) is 2.65. The fraction of sp³-hybridized carbons (Fsp3) is 0.182. The van der Waals surface area contributed by atoms with Crippen LogP contribution in [-0.4, -0.2) is 24.2 Å². The van der Waals surface area contributed by atoms with E-state index in [4.69, 9.17) is 10.8 Å². The summed E-state index contributed by atoms with van der Waals surface area (Å²) in [7, 11) is 0. The number of hydrogen-bond donors (Lipinski definition) is 3. The standard InChI is InChI=1S/C11H11FN2O2S/c12-6-2-1-3-7-8(6)9(13)10(17-7)11(16)14-4-5-15/h1-3,15H,4-5,13H2,(H,14,16). The molecule has 17 heavy (non-hydrogen) atoms. The van der Waals surface area contributed by atoms with Crippen molar-refractivity contribution >= 4 is 33.0 Å². The molecule has 6 heteroatoms. The van der Waals surface area contributed by atoms with Crippen LogP contribution in [0.1, 0.15) is 9.67 Å². The molecule has 4 N–H and O–H groups in total. The van der Waals surface area contributed by atoms with Gasteiger partial charge in [-0.15, -0.1) is 11.3 Å². The van der Waals surface area contributed by atoms with E-state index in [-0.39, 0.29) is 29.1 Å². The lowest BCUT2D eigenvalue weighted by Crippen LogP contribution is -2.26. The number of halogens is 1. The van der Waals surface area contributed by atoms with Gasteiger partial charge in [0.25, 0.3) is 5.91 Å². The first-order chi connectivity index (χ1) is 8.15. The van der Waals surface area contributed by atoms with E-state index in [0.717, 1.165) is 11.3 Å². The van der Waals surface area contributed by atoms with Gasteiger partial charge in [0, 0.05) is 11.2 Å². The third kappa shape index (κ3) is 2.09. The molecule has 0 spiro atoms. The molecule has 90 valence electrons. The van der Waals surface area contributed by atoms with E-state index in [1.807, 2.05) is 0 Å². The van der Waals surface area contributed by atoms with Crippen LogP contribution in [0.5, 0.6) is 0 Å². The monoisotopic (exact) mass is 254 g/mol. The largest absolute Gasteiger partial charge is 0.397 e. The minimum atomic E-state index is -0.433. The van der Waals surface area contributed by atoms with Crippen LogP contribution in [0, 0.1) is 5.82 Å². The Labute approximate surface area is 101 Å². The zero-order valence-electron chi connectivity index (χ0n) is 8.87. The number of aliphatic hydroxyl groups excluding tert-OH is 1. The molecule has 2 aromatic rings. The molecule has 0 aliphatic carbocycles. The molecule has 1 aromatic carbocycles. The predicted molar refractivity (Wildman–Crippen MR) is 65.6 cm³/mol. The molecule has 0 bridgehead atoms. The van der Waals surface area contributed by atoms with Gasteiger partial charge in [-0.3, -0.25) is 4.79 Å². The van der Waals surface area contributed by atoms with Gasteiger partial charge in [0.2, 0.25) is 0 Å². The number of carbonyl (C=O) groups excluding carboxylic acids is 1. The Morgan fingerprint density at radius 3 is 2.94 bits per heavy atom. The van der Waals surface area contributed by atoms with Crippen LogP contribution in [0.15, 0.2) is 18.2 Å². The predicted octanol–water partition coefficient (Wildman–Crippen LogP) is 1.34. The van der Waals surface area contributed by atoms with Gasteiger partial charge in [0.05, 0.1) is 17.7 Å². The third-order valence-electron chi connectivity index (χ3n) is 2.30. The lowest BCUT2D eigenvalue weighted by Gasteiger charge is -2.01. The van der Waals surface area contributed by atoms with Crippen LogP contribution in [0.25, 0.3) is 10.1 Å². The molecular weight excluding hydrogens is 243 g/mol. The summed E-state index contributed by atoms with van der Waals surface area (Å²) in [5.74, 6) is -0.824. The van der Waals surface area contributed by atoms with Crippen molar-refractivity contribution in [2.24, 2.45) is 0 Å². The number of fused-ring (bicyclic) bond motifs is 1. The van der Waals surface area contributed by atoms with Gasteiger partial charge in [0.1, 0.15) is 10.7 Å². The Hall–Kier alpha value is -1.66. The maximum Gasteiger partial charge on any atom is 0.263 e. The van der Waals surface area contributed by atoms with Crippen LogP contribution in [0.3, 0.4) is 0 Å². The van der Waals surface area contributed by atoms with Gasteiger partial charge in [-0.25, -0.2) is 4.39 Å². The Kier molecular flexibility index (Phi) is 3.26. The number of nitrogen functional groups attached to an aromatic ring is 1. The molecule has 1 aromatic heterocycles. The second-order valence-corrected chi connectivity index (χ2v) is 4.49. The Balaban J connectivity index is 2.46. The van der Waals surface area contributed by atoms with Gasteiger partial charge in [-0.05, 0) is 12.1 Å². The zero-order valence-corrected chi connectivity index (χ0v) is 9.68. The number of nitrogens with two attached hydrogens (primary N) is 1. The van der Waals surface area contributed by atoms with Gasteiger partial charge < -0.3 is 16.2 Å². The van der Waals surface area contributed by atoms with Crippen LogP contribution in [0.2, 0.25) is 0 Å². The van der Waals surface area contributed by atoms with Gasteiger partial charge >= 0.3 is 0 Å². The van der Waals surface area contributed by atoms with E-state index in [1.165, 1.54) is 6.07 Å². The van der Waals surface area contributed by atoms with Crippen molar-refractivity contribution in [2.45, 2.75) is 0 Å². The first-order valence-corrected chi connectivity index (χ1v) is 5.82. The van der Waals surface area contributed by atoms with Crippen LogP contribution in [-0.2, 0) is 0 Å². The van der Waals surface area contributed by atoms with Gasteiger partial charge in [-0.1, -0.05) is 6.07 Å². The first-order valence-electron chi connectivity index (χ1n) is 5.00. The average molecular weight is 254 g/mol. The maximum atomic E-state index is 13.5. The summed E-state index contributed by atoms with van der Waals surface area (Å²) in [4.78, 5) is 12.0. The summed E-state index contributed by atoms with van der Waals surface area (Å²) < 4.78 is 14.2. The normalized spacial score (nSPS) is 10.7. The van der Waals surface area contributed by atoms with Crippen molar-refractivity contribution in [3.8, 4) is 0 Å². The van der Waals surface area contributed by atoms with Crippen molar-refractivity contribution in [3.05, 3.63) is 28.9 Å². The molecule has 4 nitrogen and oxygen atoms in total. The highest BCUT2D eigenvalue weighted by Crippen LogP contribution is 2.35. The summed E-state index contributed by atoms with van der Waals surface area (Å²) in [6, 6.07) is 4.59. The highest BCUT2D eigenvalue weighted by molar-refractivity contribution is 7.21. The number of hydrogen-bond acceptors (Lipinski definition) is 4. The number of amides is 1. The number of anilines is 1. The smallest absolute Gasteiger partial charge is 0.263 e. The minimum absolute atomic E-state index is 0.148. The fourth-order valence-corrected chi connectivity index (χ4v) is 2.60. The molecule has 0 saturated carbocycles. The number of benzene rings is 1. The molecule has 1 heterocycles. The van der Waals surface area contributed by atoms with Gasteiger partial charge in [-0.2, -0.15) is 0 Å². The Bertz CT molecular complexity index is 568. The molecule has 0 saturated heterocycles. The summed E-state index contributed by atoms with van der Waals surface area (Å²) in [6.45, 7) is -0.0000976. The molecular formula is C11H11FN2O2S. The van der Waals surface area contributed by atoms with Crippen molar-refractivity contribution in [1.82, 2.24) is 5.32 Å². The van der Waals surface area contributed by atoms with Crippen LogP contribution >= 0.6 is 11.3 Å². The van der Waals surface area contributed by atoms with Crippen LogP contribution in [0.4, 0.5) is 10.1 Å². The minimum Gasteiger partial charge on any atom is -0.397 e. The van der Waals surface area contributed by atoms with Crippen molar-refractivity contribution in [3.63, 3.8) is 0 Å². The maximum absolute atomic E-state index is 13.5. The fourth-order valence-electron chi connectivity index (χ4n) is 1.55. The first kappa shape index (κ1) is 11.8. The molecule has 1 amide bonds. The topological polar surface area (TPSA) is 75.4 Å². The van der Waals surface area contributed by atoms with Crippen molar-refractivity contribution < 1.29 is 14.3 Å². The zero-order chi connectivity index (χ0) is 12.4. The highest BCUT2D eigenvalue weighted by atomic mass is 32.1. The molecule has 0 aliphatic heterocycles. The molecule has 0 aliphatic rings. The van der Waals surface area contributed by atoms with Crippen LogP contribution < -0.4 is 11.1 Å².